The minimum Gasteiger partial charge on any atom is -0.487 e. The fraction of sp³-hybridized carbons (Fsp3) is 0.429. The standard InChI is InChI=1S/C21H24F3N3O2/c1-13-8-18(29-12-17-5-4-6-19(26-17)21(22,23)24)14(2)7-15(13)9-27-10-16(11-27)20(28)25-3/h4-8,16H,9-12H2,1-3H3,(H,25,28). The third kappa shape index (κ3) is 5.06. The number of rotatable bonds is 6. The Morgan fingerprint density at radius 2 is 1.97 bits per heavy atom. The highest BCUT2D eigenvalue weighted by Gasteiger charge is 2.33. The number of pyridine rings is 1. The monoisotopic (exact) mass is 407 g/mol. The van der Waals surface area contributed by atoms with E-state index in [2.05, 4.69) is 15.2 Å². The maximum Gasteiger partial charge on any atom is 0.433 e. The number of likely N-dealkylation sites (tertiary alicyclic amines) is 1. The van der Waals surface area contributed by atoms with E-state index in [9.17, 15) is 18.0 Å². The van der Waals surface area contributed by atoms with Gasteiger partial charge in [0, 0.05) is 26.7 Å². The molecule has 156 valence electrons. The Hall–Kier alpha value is -2.61. The molecule has 1 aliphatic heterocycles. The lowest BCUT2D eigenvalue weighted by atomic mass is 9.96. The summed E-state index contributed by atoms with van der Waals surface area (Å²) in [6.07, 6.45) is -4.47. The van der Waals surface area contributed by atoms with Crippen LogP contribution in [0.4, 0.5) is 13.2 Å². The van der Waals surface area contributed by atoms with Crippen molar-refractivity contribution in [1.82, 2.24) is 15.2 Å². The molecule has 1 N–H and O–H groups in total. The molecule has 1 aliphatic rings. The quantitative estimate of drug-likeness (QED) is 0.797. The average Bonchev–Trinajstić information content (AvgIpc) is 2.64. The number of aryl methyl sites for hydroxylation is 2. The number of hydrogen-bond donors (Lipinski definition) is 1. The zero-order valence-corrected chi connectivity index (χ0v) is 16.6. The largest absolute Gasteiger partial charge is 0.487 e. The molecule has 5 nitrogen and oxygen atoms in total. The number of benzene rings is 1. The Labute approximate surface area is 167 Å². The zero-order chi connectivity index (χ0) is 21.2. The summed E-state index contributed by atoms with van der Waals surface area (Å²) in [6, 6.07) is 7.71. The number of nitrogens with one attached hydrogen (secondary N) is 1. The van der Waals surface area contributed by atoms with Crippen LogP contribution in [-0.2, 0) is 24.1 Å². The lowest BCUT2D eigenvalue weighted by molar-refractivity contribution is -0.141. The topological polar surface area (TPSA) is 54.5 Å². The number of amides is 1. The molecule has 2 aromatic rings. The van der Waals surface area contributed by atoms with Crippen molar-refractivity contribution in [3.8, 4) is 5.75 Å². The van der Waals surface area contributed by atoms with Crippen molar-refractivity contribution in [3.05, 3.63) is 58.4 Å². The lowest BCUT2D eigenvalue weighted by Crippen LogP contribution is -2.52. The molecule has 1 aromatic heterocycles. The Bertz CT molecular complexity index is 893. The molecule has 0 atom stereocenters. The van der Waals surface area contributed by atoms with Crippen LogP contribution in [-0.4, -0.2) is 35.9 Å². The summed E-state index contributed by atoms with van der Waals surface area (Å²) < 4.78 is 44.1. The summed E-state index contributed by atoms with van der Waals surface area (Å²) in [5.74, 6) is 0.738. The van der Waals surface area contributed by atoms with Crippen molar-refractivity contribution < 1.29 is 22.7 Å². The van der Waals surface area contributed by atoms with Gasteiger partial charge in [0.1, 0.15) is 18.1 Å². The summed E-state index contributed by atoms with van der Waals surface area (Å²) in [7, 11) is 1.64. The van der Waals surface area contributed by atoms with Gasteiger partial charge in [-0.3, -0.25) is 9.69 Å². The Morgan fingerprint density at radius 3 is 2.62 bits per heavy atom. The van der Waals surface area contributed by atoms with E-state index in [0.717, 1.165) is 42.4 Å². The minimum atomic E-state index is -4.47. The summed E-state index contributed by atoms with van der Waals surface area (Å²) in [6.45, 7) is 6.05. The molecule has 2 heterocycles. The molecule has 3 rings (SSSR count). The van der Waals surface area contributed by atoms with Crippen LogP contribution >= 0.6 is 0 Å². The SMILES string of the molecule is CNC(=O)C1CN(Cc2cc(C)c(OCc3cccc(C(F)(F)F)n3)cc2C)C1. The number of alkyl halides is 3. The van der Waals surface area contributed by atoms with Gasteiger partial charge in [0.05, 0.1) is 11.6 Å². The predicted molar refractivity (Wildman–Crippen MR) is 102 cm³/mol. The predicted octanol–water partition coefficient (Wildman–Crippen LogP) is 3.47. The number of nitrogens with zero attached hydrogens (tertiary/aromatic N) is 2. The Morgan fingerprint density at radius 1 is 1.24 bits per heavy atom. The molecule has 1 saturated heterocycles. The molecule has 0 unspecified atom stereocenters. The van der Waals surface area contributed by atoms with Crippen molar-refractivity contribution in [1.29, 1.82) is 0 Å². The number of hydrogen-bond acceptors (Lipinski definition) is 4. The van der Waals surface area contributed by atoms with Gasteiger partial charge in [-0.05, 0) is 48.7 Å². The van der Waals surface area contributed by atoms with Gasteiger partial charge in [-0.25, -0.2) is 4.98 Å². The lowest BCUT2D eigenvalue weighted by Gasteiger charge is -2.38. The highest BCUT2D eigenvalue weighted by atomic mass is 19.4. The summed E-state index contributed by atoms with van der Waals surface area (Å²) in [5, 5.41) is 2.67. The van der Waals surface area contributed by atoms with E-state index in [4.69, 9.17) is 4.74 Å². The Kier molecular flexibility index (Phi) is 6.12. The van der Waals surface area contributed by atoms with Crippen LogP contribution < -0.4 is 10.1 Å². The molecule has 0 saturated carbocycles. The van der Waals surface area contributed by atoms with Crippen LogP contribution in [0.15, 0.2) is 30.3 Å². The van der Waals surface area contributed by atoms with Crippen LogP contribution in [0.3, 0.4) is 0 Å². The van der Waals surface area contributed by atoms with Crippen LogP contribution in [0.2, 0.25) is 0 Å². The van der Waals surface area contributed by atoms with Gasteiger partial charge < -0.3 is 10.1 Å². The number of ether oxygens (including phenoxy) is 1. The van der Waals surface area contributed by atoms with Crippen molar-refractivity contribution in [2.24, 2.45) is 5.92 Å². The van der Waals surface area contributed by atoms with Gasteiger partial charge in [0.2, 0.25) is 5.91 Å². The van der Waals surface area contributed by atoms with Crippen molar-refractivity contribution >= 4 is 5.91 Å². The van der Waals surface area contributed by atoms with E-state index in [1.807, 2.05) is 26.0 Å². The molecule has 0 bridgehead atoms. The molecule has 29 heavy (non-hydrogen) atoms. The second-order valence-electron chi connectivity index (χ2n) is 7.35. The molecule has 0 spiro atoms. The molecular weight excluding hydrogens is 383 g/mol. The zero-order valence-electron chi connectivity index (χ0n) is 16.6. The van der Waals surface area contributed by atoms with Gasteiger partial charge >= 0.3 is 6.18 Å². The van der Waals surface area contributed by atoms with Crippen molar-refractivity contribution in [2.75, 3.05) is 20.1 Å². The smallest absolute Gasteiger partial charge is 0.433 e. The fourth-order valence-electron chi connectivity index (χ4n) is 3.35. The number of carbonyl (C=O) groups is 1. The highest BCUT2D eigenvalue weighted by molar-refractivity contribution is 5.79. The summed E-state index contributed by atoms with van der Waals surface area (Å²) >= 11 is 0. The van der Waals surface area contributed by atoms with Gasteiger partial charge in [0.15, 0.2) is 0 Å². The van der Waals surface area contributed by atoms with Crippen molar-refractivity contribution in [3.63, 3.8) is 0 Å². The van der Waals surface area contributed by atoms with Crippen LogP contribution in [0, 0.1) is 19.8 Å². The first kappa shape index (κ1) is 21.1. The van der Waals surface area contributed by atoms with E-state index in [1.54, 1.807) is 7.05 Å². The van der Waals surface area contributed by atoms with E-state index in [1.165, 1.54) is 12.1 Å². The van der Waals surface area contributed by atoms with Crippen LogP contribution in [0.5, 0.6) is 5.75 Å². The Balaban J connectivity index is 1.62. The fourth-order valence-corrected chi connectivity index (χ4v) is 3.35. The van der Waals surface area contributed by atoms with Gasteiger partial charge in [-0.2, -0.15) is 13.2 Å². The first-order valence-electron chi connectivity index (χ1n) is 9.37. The van der Waals surface area contributed by atoms with E-state index >= 15 is 0 Å². The molecule has 1 fully saturated rings. The van der Waals surface area contributed by atoms with Gasteiger partial charge in [-0.1, -0.05) is 12.1 Å². The molecule has 1 aromatic carbocycles. The van der Waals surface area contributed by atoms with E-state index in [0.29, 0.717) is 5.75 Å². The number of aromatic nitrogens is 1. The summed E-state index contributed by atoms with van der Waals surface area (Å²) in [4.78, 5) is 17.4. The molecule has 0 aliphatic carbocycles. The van der Waals surface area contributed by atoms with Gasteiger partial charge in [-0.15, -0.1) is 0 Å². The second-order valence-corrected chi connectivity index (χ2v) is 7.35. The van der Waals surface area contributed by atoms with Crippen molar-refractivity contribution in [2.45, 2.75) is 33.2 Å². The highest BCUT2D eigenvalue weighted by Crippen LogP contribution is 2.29. The summed E-state index contributed by atoms with van der Waals surface area (Å²) in [5.41, 5.74) is 2.38. The number of halogens is 3. The maximum atomic E-state index is 12.8. The molecule has 0 radical (unpaired) electrons. The van der Waals surface area contributed by atoms with Crippen LogP contribution in [0.25, 0.3) is 0 Å². The maximum absolute atomic E-state index is 12.8. The minimum absolute atomic E-state index is 0.0382. The normalized spacial score (nSPS) is 15.1. The third-order valence-corrected chi connectivity index (χ3v) is 5.07. The number of carbonyl (C=O) groups excluding carboxylic acids is 1. The molecule has 8 heteroatoms. The average molecular weight is 407 g/mol. The first-order chi connectivity index (χ1) is 13.7. The van der Waals surface area contributed by atoms with E-state index < -0.39 is 11.9 Å². The molecule has 1 amide bonds. The second kappa shape index (κ2) is 8.41. The molecular formula is C21H24F3N3O2. The first-order valence-corrected chi connectivity index (χ1v) is 9.37. The van der Waals surface area contributed by atoms with E-state index in [-0.39, 0.29) is 24.1 Å². The third-order valence-electron chi connectivity index (χ3n) is 5.07. The van der Waals surface area contributed by atoms with Crippen LogP contribution in [0.1, 0.15) is 28.1 Å². The van der Waals surface area contributed by atoms with Gasteiger partial charge in [0.25, 0.3) is 0 Å².